The van der Waals surface area contributed by atoms with Gasteiger partial charge >= 0.3 is 0 Å². The van der Waals surface area contributed by atoms with Gasteiger partial charge in [-0.25, -0.2) is 4.98 Å². The molecule has 5 nitrogen and oxygen atoms in total. The highest BCUT2D eigenvalue weighted by atomic mass is 16.2. The molecule has 1 N–H and O–H groups in total. The van der Waals surface area contributed by atoms with E-state index in [0.29, 0.717) is 5.69 Å². The van der Waals surface area contributed by atoms with Crippen molar-refractivity contribution in [3.8, 4) is 0 Å². The Kier molecular flexibility index (Phi) is 3.11. The first kappa shape index (κ1) is 12.0. The number of nitrogens with one attached hydrogen (secondary N) is 1. The van der Waals surface area contributed by atoms with Gasteiger partial charge < -0.3 is 5.32 Å². The predicted molar refractivity (Wildman–Crippen MR) is 64.6 cm³/mol. The van der Waals surface area contributed by atoms with E-state index < -0.39 is 0 Å². The molecule has 1 aromatic rings. The monoisotopic (exact) mass is 234 g/mol. The summed E-state index contributed by atoms with van der Waals surface area (Å²) >= 11 is 0. The molecule has 92 valence electrons. The van der Waals surface area contributed by atoms with E-state index in [9.17, 15) is 4.79 Å². The smallest absolute Gasteiger partial charge is 0.271 e. The highest BCUT2D eigenvalue weighted by Crippen LogP contribution is 2.20. The lowest BCUT2D eigenvalue weighted by Crippen LogP contribution is -2.64. The fourth-order valence-electron chi connectivity index (χ4n) is 1.79. The summed E-state index contributed by atoms with van der Waals surface area (Å²) in [7, 11) is 0. The van der Waals surface area contributed by atoms with E-state index in [2.05, 4.69) is 41.0 Å². The molecule has 1 aromatic heterocycles. The Morgan fingerprint density at radius 1 is 1.41 bits per heavy atom. The lowest BCUT2D eigenvalue weighted by Gasteiger charge is -2.47. The van der Waals surface area contributed by atoms with Gasteiger partial charge in [0.25, 0.3) is 5.91 Å². The molecule has 17 heavy (non-hydrogen) atoms. The van der Waals surface area contributed by atoms with Crippen LogP contribution in [0.4, 0.5) is 0 Å². The van der Waals surface area contributed by atoms with Crippen LogP contribution in [0.15, 0.2) is 18.6 Å². The second-order valence-corrected chi connectivity index (χ2v) is 5.34. The van der Waals surface area contributed by atoms with E-state index in [1.54, 1.807) is 6.20 Å². The number of likely N-dealkylation sites (tertiary alicyclic amines) is 1. The second-order valence-electron chi connectivity index (χ2n) is 5.34. The minimum absolute atomic E-state index is 0.142. The standard InChI is InChI=1S/C12H18N4O/c1-12(2,3)16-7-9(8-16)15-11(17)10-6-13-4-5-14-10/h4-6,9H,7-8H2,1-3H3,(H,15,17). The quantitative estimate of drug-likeness (QED) is 0.818. The van der Waals surface area contributed by atoms with Gasteiger partial charge in [-0.3, -0.25) is 14.7 Å². The van der Waals surface area contributed by atoms with Gasteiger partial charge in [-0.05, 0) is 20.8 Å². The summed E-state index contributed by atoms with van der Waals surface area (Å²) in [6.45, 7) is 8.32. The first-order valence-corrected chi connectivity index (χ1v) is 5.79. The Hall–Kier alpha value is -1.49. The number of carbonyl (C=O) groups is 1. The topological polar surface area (TPSA) is 58.1 Å². The Labute approximate surface area is 101 Å². The van der Waals surface area contributed by atoms with Crippen LogP contribution < -0.4 is 5.32 Å². The Morgan fingerprint density at radius 3 is 2.65 bits per heavy atom. The van der Waals surface area contributed by atoms with Gasteiger partial charge in [-0.1, -0.05) is 0 Å². The maximum atomic E-state index is 11.8. The minimum atomic E-state index is -0.142. The Balaban J connectivity index is 1.83. The van der Waals surface area contributed by atoms with Crippen LogP contribution in [0, 0.1) is 0 Å². The molecule has 1 aliphatic heterocycles. The van der Waals surface area contributed by atoms with Crippen molar-refractivity contribution in [1.82, 2.24) is 20.2 Å². The fourth-order valence-corrected chi connectivity index (χ4v) is 1.79. The number of hydrogen-bond donors (Lipinski definition) is 1. The van der Waals surface area contributed by atoms with Gasteiger partial charge in [0.1, 0.15) is 5.69 Å². The zero-order valence-electron chi connectivity index (χ0n) is 10.5. The number of amides is 1. The molecule has 0 radical (unpaired) electrons. The van der Waals surface area contributed by atoms with Crippen molar-refractivity contribution >= 4 is 5.91 Å². The average Bonchev–Trinajstić information content (AvgIpc) is 2.22. The molecule has 1 saturated heterocycles. The van der Waals surface area contributed by atoms with Crippen molar-refractivity contribution in [3.05, 3.63) is 24.3 Å². The van der Waals surface area contributed by atoms with Gasteiger partial charge in [-0.2, -0.15) is 0 Å². The molecule has 0 spiro atoms. The highest BCUT2D eigenvalue weighted by Gasteiger charge is 2.35. The molecule has 0 bridgehead atoms. The maximum Gasteiger partial charge on any atom is 0.271 e. The molecule has 0 aliphatic carbocycles. The maximum absolute atomic E-state index is 11.8. The van der Waals surface area contributed by atoms with Crippen LogP contribution in [0.25, 0.3) is 0 Å². The Bertz CT molecular complexity index is 393. The second kappa shape index (κ2) is 4.41. The summed E-state index contributed by atoms with van der Waals surface area (Å²) in [4.78, 5) is 21.9. The number of nitrogens with zero attached hydrogens (tertiary/aromatic N) is 3. The molecule has 5 heteroatoms. The van der Waals surface area contributed by atoms with Crippen LogP contribution in [-0.2, 0) is 0 Å². The van der Waals surface area contributed by atoms with Crippen molar-refractivity contribution < 1.29 is 4.79 Å². The first-order valence-electron chi connectivity index (χ1n) is 5.79. The molecule has 0 saturated carbocycles. The molecule has 2 rings (SSSR count). The molecular formula is C12H18N4O. The summed E-state index contributed by atoms with van der Waals surface area (Å²) in [5, 5.41) is 2.95. The molecule has 1 amide bonds. The molecular weight excluding hydrogens is 216 g/mol. The lowest BCUT2D eigenvalue weighted by molar-refractivity contribution is 0.0330. The van der Waals surface area contributed by atoms with E-state index >= 15 is 0 Å². The first-order chi connectivity index (χ1) is 7.97. The number of aromatic nitrogens is 2. The van der Waals surface area contributed by atoms with Crippen molar-refractivity contribution in [2.24, 2.45) is 0 Å². The molecule has 1 fully saturated rings. The molecule has 0 aromatic carbocycles. The van der Waals surface area contributed by atoms with Crippen LogP contribution in [0.1, 0.15) is 31.3 Å². The van der Waals surface area contributed by atoms with Crippen LogP contribution in [0.3, 0.4) is 0 Å². The Morgan fingerprint density at radius 2 is 2.12 bits per heavy atom. The minimum Gasteiger partial charge on any atom is -0.345 e. The zero-order chi connectivity index (χ0) is 12.5. The molecule has 2 heterocycles. The van der Waals surface area contributed by atoms with E-state index in [0.717, 1.165) is 13.1 Å². The lowest BCUT2D eigenvalue weighted by atomic mass is 9.97. The third-order valence-corrected chi connectivity index (χ3v) is 2.96. The molecule has 1 aliphatic rings. The van der Waals surface area contributed by atoms with Crippen LogP contribution in [0.5, 0.6) is 0 Å². The summed E-state index contributed by atoms with van der Waals surface area (Å²) in [6.07, 6.45) is 4.56. The van der Waals surface area contributed by atoms with E-state index in [1.807, 2.05) is 0 Å². The summed E-state index contributed by atoms with van der Waals surface area (Å²) < 4.78 is 0. The third-order valence-electron chi connectivity index (χ3n) is 2.96. The van der Waals surface area contributed by atoms with Crippen molar-refractivity contribution in [1.29, 1.82) is 0 Å². The van der Waals surface area contributed by atoms with Crippen LogP contribution in [-0.4, -0.2) is 45.4 Å². The fraction of sp³-hybridized carbons (Fsp3) is 0.583. The van der Waals surface area contributed by atoms with Crippen LogP contribution in [0.2, 0.25) is 0 Å². The largest absolute Gasteiger partial charge is 0.345 e. The highest BCUT2D eigenvalue weighted by molar-refractivity contribution is 5.92. The predicted octanol–water partition coefficient (Wildman–Crippen LogP) is 0.689. The van der Waals surface area contributed by atoms with Crippen molar-refractivity contribution in [2.45, 2.75) is 32.4 Å². The van der Waals surface area contributed by atoms with Crippen LogP contribution >= 0.6 is 0 Å². The zero-order valence-corrected chi connectivity index (χ0v) is 10.5. The van der Waals surface area contributed by atoms with E-state index in [1.165, 1.54) is 12.4 Å². The van der Waals surface area contributed by atoms with Gasteiger partial charge in [0.15, 0.2) is 0 Å². The number of rotatable bonds is 2. The van der Waals surface area contributed by atoms with Crippen molar-refractivity contribution in [2.75, 3.05) is 13.1 Å². The van der Waals surface area contributed by atoms with Gasteiger partial charge in [0.05, 0.1) is 12.2 Å². The number of carbonyl (C=O) groups excluding carboxylic acids is 1. The number of hydrogen-bond acceptors (Lipinski definition) is 4. The molecule has 0 atom stereocenters. The third kappa shape index (κ3) is 2.79. The normalized spacial score (nSPS) is 17.6. The van der Waals surface area contributed by atoms with Gasteiger partial charge in [0.2, 0.25) is 0 Å². The molecule has 0 unspecified atom stereocenters. The SMILES string of the molecule is CC(C)(C)N1CC(NC(=O)c2cnccn2)C1. The van der Waals surface area contributed by atoms with E-state index in [-0.39, 0.29) is 17.5 Å². The van der Waals surface area contributed by atoms with Gasteiger partial charge in [-0.15, -0.1) is 0 Å². The summed E-state index contributed by atoms with van der Waals surface area (Å²) in [5.41, 5.74) is 0.551. The van der Waals surface area contributed by atoms with Crippen molar-refractivity contribution in [3.63, 3.8) is 0 Å². The summed E-state index contributed by atoms with van der Waals surface area (Å²) in [6, 6.07) is 0.226. The van der Waals surface area contributed by atoms with E-state index in [4.69, 9.17) is 0 Å². The summed E-state index contributed by atoms with van der Waals surface area (Å²) in [5.74, 6) is -0.142. The average molecular weight is 234 g/mol. The van der Waals surface area contributed by atoms with Gasteiger partial charge in [0, 0.05) is 31.0 Å².